The lowest BCUT2D eigenvalue weighted by molar-refractivity contribution is 0.241. The summed E-state index contributed by atoms with van der Waals surface area (Å²) in [4.78, 5) is 4.58. The second-order valence-corrected chi connectivity index (χ2v) is 3.87. The standard InChI is InChI=1S/C9H18N2S/c1-4-10-6-5-7-11(8(2)3)9(10)12/h8H,4-7H2,1-3H3. The van der Waals surface area contributed by atoms with Crippen LogP contribution in [0.4, 0.5) is 0 Å². The third-order valence-corrected chi connectivity index (χ3v) is 2.84. The van der Waals surface area contributed by atoms with Gasteiger partial charge in [0.1, 0.15) is 0 Å². The maximum atomic E-state index is 5.38. The Morgan fingerprint density at radius 3 is 2.58 bits per heavy atom. The smallest absolute Gasteiger partial charge is 0.171 e. The van der Waals surface area contributed by atoms with Crippen molar-refractivity contribution < 1.29 is 0 Å². The highest BCUT2D eigenvalue weighted by molar-refractivity contribution is 7.80. The second-order valence-electron chi connectivity index (χ2n) is 3.50. The zero-order valence-electron chi connectivity index (χ0n) is 8.21. The van der Waals surface area contributed by atoms with Gasteiger partial charge in [-0.1, -0.05) is 0 Å². The van der Waals surface area contributed by atoms with E-state index in [0.717, 1.165) is 24.7 Å². The molecule has 0 aromatic rings. The molecule has 0 atom stereocenters. The van der Waals surface area contributed by atoms with Crippen LogP contribution in [0.15, 0.2) is 0 Å². The molecule has 1 heterocycles. The van der Waals surface area contributed by atoms with Crippen molar-refractivity contribution >= 4 is 17.3 Å². The summed E-state index contributed by atoms with van der Waals surface area (Å²) >= 11 is 5.38. The topological polar surface area (TPSA) is 6.48 Å². The Hall–Kier alpha value is -0.310. The van der Waals surface area contributed by atoms with Gasteiger partial charge in [0.25, 0.3) is 0 Å². The molecule has 0 unspecified atom stereocenters. The lowest BCUT2D eigenvalue weighted by Crippen LogP contribution is -2.51. The van der Waals surface area contributed by atoms with E-state index in [-0.39, 0.29) is 0 Å². The third kappa shape index (κ3) is 1.89. The number of rotatable bonds is 2. The maximum Gasteiger partial charge on any atom is 0.171 e. The number of thiocarbonyl (C=S) groups is 1. The summed E-state index contributed by atoms with van der Waals surface area (Å²) in [6.45, 7) is 9.88. The molecule has 0 saturated carbocycles. The Morgan fingerprint density at radius 2 is 2.08 bits per heavy atom. The fourth-order valence-electron chi connectivity index (χ4n) is 1.58. The van der Waals surface area contributed by atoms with E-state index in [4.69, 9.17) is 12.2 Å². The summed E-state index contributed by atoms with van der Waals surface area (Å²) in [5.41, 5.74) is 0. The van der Waals surface area contributed by atoms with Crippen LogP contribution in [0.1, 0.15) is 27.2 Å². The van der Waals surface area contributed by atoms with Crippen LogP contribution in [-0.4, -0.2) is 40.6 Å². The Morgan fingerprint density at radius 1 is 1.42 bits per heavy atom. The van der Waals surface area contributed by atoms with Crippen molar-refractivity contribution in [2.24, 2.45) is 0 Å². The molecule has 12 heavy (non-hydrogen) atoms. The number of hydrogen-bond acceptors (Lipinski definition) is 1. The summed E-state index contributed by atoms with van der Waals surface area (Å²) < 4.78 is 0. The first kappa shape index (κ1) is 9.78. The van der Waals surface area contributed by atoms with Crippen molar-refractivity contribution in [3.8, 4) is 0 Å². The van der Waals surface area contributed by atoms with Gasteiger partial charge < -0.3 is 9.80 Å². The molecule has 1 saturated heterocycles. The molecule has 3 heteroatoms. The van der Waals surface area contributed by atoms with Gasteiger partial charge >= 0.3 is 0 Å². The van der Waals surface area contributed by atoms with Gasteiger partial charge in [0, 0.05) is 25.7 Å². The van der Waals surface area contributed by atoms with Crippen molar-refractivity contribution in [1.82, 2.24) is 9.80 Å². The van der Waals surface area contributed by atoms with Crippen LogP contribution < -0.4 is 0 Å². The molecule has 0 spiro atoms. The Kier molecular flexibility index (Phi) is 3.32. The van der Waals surface area contributed by atoms with E-state index in [1.807, 2.05) is 0 Å². The monoisotopic (exact) mass is 186 g/mol. The summed E-state index contributed by atoms with van der Waals surface area (Å²) in [7, 11) is 0. The molecule has 1 aliphatic heterocycles. The van der Waals surface area contributed by atoms with E-state index < -0.39 is 0 Å². The predicted molar refractivity (Wildman–Crippen MR) is 56.3 cm³/mol. The van der Waals surface area contributed by atoms with Gasteiger partial charge in [-0.15, -0.1) is 0 Å². The van der Waals surface area contributed by atoms with Crippen molar-refractivity contribution in [2.45, 2.75) is 33.2 Å². The average Bonchev–Trinajstić information content (AvgIpc) is 2.04. The van der Waals surface area contributed by atoms with Crippen LogP contribution in [-0.2, 0) is 0 Å². The van der Waals surface area contributed by atoms with Crippen molar-refractivity contribution in [1.29, 1.82) is 0 Å². The Balaban J connectivity index is 2.59. The van der Waals surface area contributed by atoms with E-state index in [1.165, 1.54) is 6.42 Å². The highest BCUT2D eigenvalue weighted by Crippen LogP contribution is 2.11. The molecule has 0 N–H and O–H groups in total. The first-order chi connectivity index (χ1) is 5.66. The molecule has 1 aliphatic rings. The summed E-state index contributed by atoms with van der Waals surface area (Å²) in [5, 5.41) is 1.04. The minimum absolute atomic E-state index is 0.548. The first-order valence-electron chi connectivity index (χ1n) is 4.72. The van der Waals surface area contributed by atoms with E-state index >= 15 is 0 Å². The van der Waals surface area contributed by atoms with Crippen LogP contribution in [0.5, 0.6) is 0 Å². The molecule has 0 aliphatic carbocycles. The summed E-state index contributed by atoms with van der Waals surface area (Å²) in [5.74, 6) is 0. The van der Waals surface area contributed by atoms with Crippen LogP contribution in [0.25, 0.3) is 0 Å². The zero-order chi connectivity index (χ0) is 9.14. The SMILES string of the molecule is CCN1CCCN(C(C)C)C1=S. The molecule has 0 radical (unpaired) electrons. The molecule has 0 bridgehead atoms. The maximum absolute atomic E-state index is 5.38. The molecule has 2 nitrogen and oxygen atoms in total. The normalized spacial score (nSPS) is 19.2. The minimum atomic E-state index is 0.548. The van der Waals surface area contributed by atoms with E-state index in [9.17, 15) is 0 Å². The van der Waals surface area contributed by atoms with Crippen molar-refractivity contribution in [2.75, 3.05) is 19.6 Å². The predicted octanol–water partition coefficient (Wildman–Crippen LogP) is 1.71. The molecule has 1 fully saturated rings. The van der Waals surface area contributed by atoms with Crippen molar-refractivity contribution in [3.63, 3.8) is 0 Å². The molecule has 70 valence electrons. The highest BCUT2D eigenvalue weighted by Gasteiger charge is 2.22. The lowest BCUT2D eigenvalue weighted by Gasteiger charge is -2.40. The van der Waals surface area contributed by atoms with Gasteiger partial charge in [-0.25, -0.2) is 0 Å². The van der Waals surface area contributed by atoms with Crippen LogP contribution in [0.2, 0.25) is 0 Å². The van der Waals surface area contributed by atoms with E-state index in [2.05, 4.69) is 30.6 Å². The molecule has 0 amide bonds. The van der Waals surface area contributed by atoms with Crippen molar-refractivity contribution in [3.05, 3.63) is 0 Å². The van der Waals surface area contributed by atoms with Gasteiger partial charge in [-0.3, -0.25) is 0 Å². The Labute approximate surface area is 80.5 Å². The Bertz CT molecular complexity index is 168. The largest absolute Gasteiger partial charge is 0.349 e. The minimum Gasteiger partial charge on any atom is -0.349 e. The summed E-state index contributed by atoms with van der Waals surface area (Å²) in [6, 6.07) is 0.548. The third-order valence-electron chi connectivity index (χ3n) is 2.35. The number of hydrogen-bond donors (Lipinski definition) is 0. The van der Waals surface area contributed by atoms with Crippen LogP contribution >= 0.6 is 12.2 Å². The lowest BCUT2D eigenvalue weighted by atomic mass is 10.2. The molecular formula is C9H18N2S. The van der Waals surface area contributed by atoms with Gasteiger partial charge in [0.2, 0.25) is 0 Å². The second kappa shape index (κ2) is 4.08. The first-order valence-corrected chi connectivity index (χ1v) is 5.13. The van der Waals surface area contributed by atoms with Gasteiger partial charge in [-0.05, 0) is 39.4 Å². The quantitative estimate of drug-likeness (QED) is 0.606. The van der Waals surface area contributed by atoms with Gasteiger partial charge in [0.15, 0.2) is 5.11 Å². The average molecular weight is 186 g/mol. The zero-order valence-corrected chi connectivity index (χ0v) is 9.02. The van der Waals surface area contributed by atoms with Gasteiger partial charge in [0.05, 0.1) is 0 Å². The molecular weight excluding hydrogens is 168 g/mol. The van der Waals surface area contributed by atoms with E-state index in [1.54, 1.807) is 0 Å². The van der Waals surface area contributed by atoms with E-state index in [0.29, 0.717) is 6.04 Å². The summed E-state index contributed by atoms with van der Waals surface area (Å²) in [6.07, 6.45) is 1.24. The fourth-order valence-corrected chi connectivity index (χ4v) is 2.10. The molecule has 0 aromatic heterocycles. The van der Waals surface area contributed by atoms with Crippen LogP contribution in [0.3, 0.4) is 0 Å². The molecule has 1 rings (SSSR count). The van der Waals surface area contributed by atoms with Gasteiger partial charge in [-0.2, -0.15) is 0 Å². The molecule has 0 aromatic carbocycles. The van der Waals surface area contributed by atoms with Crippen LogP contribution in [0, 0.1) is 0 Å². The fraction of sp³-hybridized carbons (Fsp3) is 0.889. The number of nitrogens with zero attached hydrogens (tertiary/aromatic N) is 2. The highest BCUT2D eigenvalue weighted by atomic mass is 32.1.